The van der Waals surface area contributed by atoms with E-state index >= 15 is 0 Å². The Kier molecular flexibility index (Phi) is 2.72. The van der Waals surface area contributed by atoms with Gasteiger partial charge in [-0.3, -0.25) is 0 Å². The molecule has 0 unspecified atom stereocenters. The average molecular weight is 236 g/mol. The number of rotatable bonds is 1. The number of hydrogen-bond donors (Lipinski definition) is 1. The molecule has 86 valence electrons. The summed E-state index contributed by atoms with van der Waals surface area (Å²) in [6.45, 7) is 1.69. The average Bonchev–Trinajstić information content (AvgIpc) is 2.36. The molecule has 2 heterocycles. The lowest BCUT2D eigenvalue weighted by atomic mass is 9.94. The summed E-state index contributed by atoms with van der Waals surface area (Å²) in [5.74, 6) is 2.90. The first-order valence-electron chi connectivity index (χ1n) is 5.94. The fourth-order valence-electron chi connectivity index (χ4n) is 2.59. The number of ether oxygens (including phenoxy) is 2. The van der Waals surface area contributed by atoms with Crippen molar-refractivity contribution in [2.75, 3.05) is 13.2 Å². The minimum Gasteiger partial charge on any atom is -0.493 e. The van der Waals surface area contributed by atoms with Crippen LogP contribution in [0.1, 0.15) is 29.5 Å². The molecule has 0 atom stereocenters. The zero-order valence-electron chi connectivity index (χ0n) is 9.29. The molecule has 3 heteroatoms. The lowest BCUT2D eigenvalue weighted by Crippen LogP contribution is -2.16. The minimum absolute atomic E-state index is 0.745. The Bertz CT molecular complexity index is 381. The van der Waals surface area contributed by atoms with Crippen LogP contribution in [0.5, 0.6) is 11.5 Å². The van der Waals surface area contributed by atoms with Crippen molar-refractivity contribution in [3.63, 3.8) is 0 Å². The van der Waals surface area contributed by atoms with E-state index < -0.39 is 0 Å². The highest BCUT2D eigenvalue weighted by molar-refractivity contribution is 7.79. The maximum Gasteiger partial charge on any atom is 0.127 e. The Morgan fingerprint density at radius 1 is 1.12 bits per heavy atom. The van der Waals surface area contributed by atoms with Gasteiger partial charge >= 0.3 is 0 Å². The van der Waals surface area contributed by atoms with Gasteiger partial charge in [-0.15, -0.1) is 0 Å². The smallest absolute Gasteiger partial charge is 0.127 e. The summed E-state index contributed by atoms with van der Waals surface area (Å²) in [7, 11) is 0. The Balaban J connectivity index is 2.16. The number of thiol groups is 1. The zero-order chi connectivity index (χ0) is 11.0. The highest BCUT2D eigenvalue weighted by atomic mass is 32.1. The lowest BCUT2D eigenvalue weighted by Gasteiger charge is -2.27. The molecule has 0 aromatic heterocycles. The van der Waals surface area contributed by atoms with E-state index in [1.807, 2.05) is 0 Å². The quantitative estimate of drug-likeness (QED) is 0.756. The Morgan fingerprint density at radius 3 is 2.81 bits per heavy atom. The van der Waals surface area contributed by atoms with Crippen molar-refractivity contribution < 1.29 is 9.47 Å². The summed E-state index contributed by atoms with van der Waals surface area (Å²) in [6.07, 6.45) is 4.42. The summed E-state index contributed by atoms with van der Waals surface area (Å²) in [4.78, 5) is 0. The van der Waals surface area contributed by atoms with Crippen molar-refractivity contribution in [2.24, 2.45) is 0 Å². The summed E-state index contributed by atoms with van der Waals surface area (Å²) in [6, 6.07) is 2.18. The van der Waals surface area contributed by atoms with E-state index in [2.05, 4.69) is 18.7 Å². The molecule has 0 fully saturated rings. The molecule has 0 saturated carbocycles. The van der Waals surface area contributed by atoms with Gasteiger partial charge in [0, 0.05) is 16.9 Å². The summed E-state index contributed by atoms with van der Waals surface area (Å²) in [5, 5.41) is 0. The fraction of sp³-hybridized carbons (Fsp3) is 0.538. The van der Waals surface area contributed by atoms with Gasteiger partial charge in [-0.25, -0.2) is 0 Å². The minimum atomic E-state index is 0.745. The summed E-state index contributed by atoms with van der Waals surface area (Å²) < 4.78 is 11.5. The van der Waals surface area contributed by atoms with Gasteiger partial charge in [0.05, 0.1) is 13.2 Å². The molecule has 3 rings (SSSR count). The van der Waals surface area contributed by atoms with Gasteiger partial charge in [-0.2, -0.15) is 12.6 Å². The van der Waals surface area contributed by atoms with E-state index in [1.54, 1.807) is 0 Å². The molecule has 0 aliphatic carbocycles. The SMILES string of the molecule is SCc1c2c(cc3c1OCCC3)OCCC2. The van der Waals surface area contributed by atoms with Gasteiger partial charge in [0.1, 0.15) is 11.5 Å². The molecule has 0 spiro atoms. The van der Waals surface area contributed by atoms with E-state index in [0.717, 1.165) is 56.1 Å². The Morgan fingerprint density at radius 2 is 1.94 bits per heavy atom. The molecule has 16 heavy (non-hydrogen) atoms. The number of fused-ring (bicyclic) bond motifs is 2. The molecule has 2 nitrogen and oxygen atoms in total. The molecular formula is C13H16O2S. The van der Waals surface area contributed by atoms with E-state index in [1.165, 1.54) is 16.7 Å². The van der Waals surface area contributed by atoms with Crippen molar-refractivity contribution in [2.45, 2.75) is 31.4 Å². The van der Waals surface area contributed by atoms with E-state index in [9.17, 15) is 0 Å². The van der Waals surface area contributed by atoms with Crippen molar-refractivity contribution in [3.05, 3.63) is 22.8 Å². The Labute approximate surface area is 101 Å². The van der Waals surface area contributed by atoms with Crippen molar-refractivity contribution in [3.8, 4) is 11.5 Å². The van der Waals surface area contributed by atoms with Crippen LogP contribution in [0.25, 0.3) is 0 Å². The fourth-order valence-corrected chi connectivity index (χ4v) is 2.93. The maximum absolute atomic E-state index is 5.81. The van der Waals surface area contributed by atoms with Gasteiger partial charge < -0.3 is 9.47 Å². The monoisotopic (exact) mass is 236 g/mol. The molecule has 0 radical (unpaired) electrons. The van der Waals surface area contributed by atoms with Crippen LogP contribution in [0, 0.1) is 0 Å². The van der Waals surface area contributed by atoms with Gasteiger partial charge in [0.15, 0.2) is 0 Å². The first-order valence-corrected chi connectivity index (χ1v) is 6.57. The molecule has 0 N–H and O–H groups in total. The number of aryl methyl sites for hydroxylation is 1. The highest BCUT2D eigenvalue weighted by Gasteiger charge is 2.23. The number of benzene rings is 1. The van der Waals surface area contributed by atoms with E-state index in [0.29, 0.717) is 0 Å². The van der Waals surface area contributed by atoms with Crippen LogP contribution in [0.15, 0.2) is 6.07 Å². The normalized spacial score (nSPS) is 18.1. The van der Waals surface area contributed by atoms with Crippen LogP contribution in [-0.4, -0.2) is 13.2 Å². The highest BCUT2D eigenvalue weighted by Crippen LogP contribution is 2.40. The second kappa shape index (κ2) is 4.21. The summed E-state index contributed by atoms with van der Waals surface area (Å²) in [5.41, 5.74) is 3.88. The third kappa shape index (κ3) is 1.58. The van der Waals surface area contributed by atoms with Gasteiger partial charge in [0.25, 0.3) is 0 Å². The largest absolute Gasteiger partial charge is 0.493 e. The second-order valence-corrected chi connectivity index (χ2v) is 4.70. The van der Waals surface area contributed by atoms with Gasteiger partial charge in [0.2, 0.25) is 0 Å². The Hall–Kier alpha value is -0.830. The molecule has 1 aromatic carbocycles. The van der Waals surface area contributed by atoms with E-state index in [-0.39, 0.29) is 0 Å². The molecule has 2 aliphatic heterocycles. The molecule has 1 aromatic rings. The lowest BCUT2D eigenvalue weighted by molar-refractivity contribution is 0.270. The van der Waals surface area contributed by atoms with Crippen LogP contribution >= 0.6 is 12.6 Å². The van der Waals surface area contributed by atoms with Gasteiger partial charge in [-0.1, -0.05) is 0 Å². The topological polar surface area (TPSA) is 18.5 Å². The van der Waals surface area contributed by atoms with Crippen LogP contribution in [0.3, 0.4) is 0 Å². The van der Waals surface area contributed by atoms with Gasteiger partial charge in [-0.05, 0) is 37.3 Å². The third-order valence-electron chi connectivity index (χ3n) is 3.36. The van der Waals surface area contributed by atoms with Crippen molar-refractivity contribution in [1.29, 1.82) is 0 Å². The van der Waals surface area contributed by atoms with E-state index in [4.69, 9.17) is 9.47 Å². The second-order valence-electron chi connectivity index (χ2n) is 4.38. The first kappa shape index (κ1) is 10.3. The third-order valence-corrected chi connectivity index (χ3v) is 3.67. The maximum atomic E-state index is 5.81. The molecular weight excluding hydrogens is 220 g/mol. The standard InChI is InChI=1S/C13H16O2S/c16-8-11-10-4-2-5-14-12(10)7-9-3-1-6-15-13(9)11/h7,16H,1-6,8H2. The predicted molar refractivity (Wildman–Crippen MR) is 66.8 cm³/mol. The first-order chi connectivity index (χ1) is 7.90. The summed E-state index contributed by atoms with van der Waals surface area (Å²) >= 11 is 4.44. The van der Waals surface area contributed by atoms with Crippen molar-refractivity contribution in [1.82, 2.24) is 0 Å². The van der Waals surface area contributed by atoms with Crippen LogP contribution < -0.4 is 9.47 Å². The molecule has 0 bridgehead atoms. The van der Waals surface area contributed by atoms with Crippen molar-refractivity contribution >= 4 is 12.6 Å². The van der Waals surface area contributed by atoms with Crippen LogP contribution in [0.2, 0.25) is 0 Å². The number of hydrogen-bond acceptors (Lipinski definition) is 3. The molecule has 0 saturated heterocycles. The van der Waals surface area contributed by atoms with Crippen LogP contribution in [0.4, 0.5) is 0 Å². The molecule has 2 aliphatic rings. The predicted octanol–water partition coefficient (Wildman–Crippen LogP) is 2.77. The van der Waals surface area contributed by atoms with Crippen LogP contribution in [-0.2, 0) is 18.6 Å². The zero-order valence-corrected chi connectivity index (χ0v) is 10.2. The molecule has 0 amide bonds.